The van der Waals surface area contributed by atoms with Crippen LogP contribution in [0.3, 0.4) is 0 Å². The lowest BCUT2D eigenvalue weighted by Gasteiger charge is -2.23. The average Bonchev–Trinajstić information content (AvgIpc) is 2.87. The summed E-state index contributed by atoms with van der Waals surface area (Å²) in [6.45, 7) is 7.04. The summed E-state index contributed by atoms with van der Waals surface area (Å²) in [6, 6.07) is 0. The molecule has 2 nitrogen and oxygen atoms in total. The molecule has 0 unspecified atom stereocenters. The molecule has 4 heteroatoms. The summed E-state index contributed by atoms with van der Waals surface area (Å²) in [5, 5.41) is 0. The van der Waals surface area contributed by atoms with Gasteiger partial charge in [0.25, 0.3) is 0 Å². The van der Waals surface area contributed by atoms with Gasteiger partial charge >= 0.3 is 0 Å². The van der Waals surface area contributed by atoms with Gasteiger partial charge in [0.05, 0.1) is 34.2 Å². The number of unbranched alkanes of at least 4 members (excludes halogenated alkanes) is 26. The van der Waals surface area contributed by atoms with E-state index in [0.717, 1.165) is 11.0 Å². The maximum Gasteiger partial charge on any atom is 0.0780 e. The second-order valence-corrected chi connectivity index (χ2v) is 13.1. The number of hydrogen-bond donors (Lipinski definition) is 1. The molecule has 0 aromatic heterocycles. The van der Waals surface area contributed by atoms with Crippen molar-refractivity contribution >= 4 is 0 Å². The lowest BCUT2D eigenvalue weighted by atomic mass is 10.0. The van der Waals surface area contributed by atoms with Gasteiger partial charge in [-0.2, -0.15) is 0 Å². The molecule has 0 amide bonds. The van der Waals surface area contributed by atoms with Crippen LogP contribution in [-0.4, -0.2) is 38.7 Å². The van der Waals surface area contributed by atoms with Crippen LogP contribution in [0, 0.1) is 0 Å². The lowest BCUT2D eigenvalue weighted by molar-refractivity contribution is -0.870. The quantitative estimate of drug-likeness (QED) is 0.0858. The highest BCUT2D eigenvalue weighted by molar-refractivity contribution is 4.50. The molecule has 3 N–H and O–H groups in total. The van der Waals surface area contributed by atoms with Crippen LogP contribution >= 0.6 is 0 Å². The van der Waals surface area contributed by atoms with Gasteiger partial charge in [-0.25, -0.2) is 0 Å². The highest BCUT2D eigenvalue weighted by Crippen LogP contribution is 2.14. The number of rotatable bonds is 29. The van der Waals surface area contributed by atoms with Crippen molar-refractivity contribution in [3.8, 4) is 0 Å². The van der Waals surface area contributed by atoms with Crippen molar-refractivity contribution in [2.24, 2.45) is 0 Å². The highest BCUT2D eigenvalue weighted by Gasteiger charge is 2.05. The van der Waals surface area contributed by atoms with Gasteiger partial charge in [-0.3, -0.25) is 0 Å². The third-order valence-electron chi connectivity index (χ3n) is 7.79. The van der Waals surface area contributed by atoms with Gasteiger partial charge in [0.2, 0.25) is 0 Å². The first-order valence-corrected chi connectivity index (χ1v) is 17.6. The molecule has 0 aliphatic carbocycles. The molecule has 0 atom stereocenters. The van der Waals surface area contributed by atoms with Crippen LogP contribution in [0.25, 0.3) is 0 Å². The van der Waals surface area contributed by atoms with E-state index >= 15 is 0 Å². The minimum absolute atomic E-state index is 0. The standard InChI is InChI=1S/C19H42N.C16H35N.2BrH/c1-5-6-7-8-9-10-11-12-13-14-15-16-17-18-19-20(2,3)4;1-2-3-4-5-6-7-8-9-10-11-12-13-14-15-16-17;;/h5-19H2,1-4H3;2-17H2,1H3;2*1H/q+1;;;/p-1. The summed E-state index contributed by atoms with van der Waals surface area (Å²) in [5.41, 5.74) is 3.88. The zero-order valence-corrected chi connectivity index (χ0v) is 31.3. The fourth-order valence-electron chi connectivity index (χ4n) is 5.15. The van der Waals surface area contributed by atoms with Gasteiger partial charge in [0.1, 0.15) is 0 Å². The predicted molar refractivity (Wildman–Crippen MR) is 171 cm³/mol. The van der Waals surface area contributed by atoms with E-state index in [2.05, 4.69) is 40.7 Å². The van der Waals surface area contributed by atoms with Crippen LogP contribution in [-0.2, 0) is 0 Å². The number of quaternary nitrogens is 2. The van der Waals surface area contributed by atoms with Crippen molar-refractivity contribution in [3.05, 3.63) is 0 Å². The molecule has 0 radical (unpaired) electrons. The Hall–Kier alpha value is 0.880. The summed E-state index contributed by atoms with van der Waals surface area (Å²) >= 11 is 0. The Morgan fingerprint density at radius 1 is 0.333 bits per heavy atom. The molecule has 0 rings (SSSR count). The molecule has 0 aromatic carbocycles. The van der Waals surface area contributed by atoms with Crippen molar-refractivity contribution in [2.75, 3.05) is 34.2 Å². The van der Waals surface area contributed by atoms with Crippen LogP contribution in [0.2, 0.25) is 0 Å². The minimum Gasteiger partial charge on any atom is -1.00 e. The van der Waals surface area contributed by atoms with Crippen molar-refractivity contribution in [3.63, 3.8) is 0 Å². The minimum atomic E-state index is 0. The molecule has 0 saturated carbocycles. The Labute approximate surface area is 270 Å². The fraction of sp³-hybridized carbons (Fsp3) is 1.00. The molecule has 0 saturated heterocycles. The smallest absolute Gasteiger partial charge is 0.0780 e. The van der Waals surface area contributed by atoms with Gasteiger partial charge in [0.15, 0.2) is 0 Å². The molecule has 0 aliphatic heterocycles. The van der Waals surface area contributed by atoms with Crippen LogP contribution in [0.4, 0.5) is 0 Å². The van der Waals surface area contributed by atoms with Crippen molar-refractivity contribution < 1.29 is 44.2 Å². The van der Waals surface area contributed by atoms with Gasteiger partial charge < -0.3 is 44.2 Å². The lowest BCUT2D eigenvalue weighted by Crippen LogP contribution is -3.00. The Balaban J connectivity index is -0.000000302. The fourth-order valence-corrected chi connectivity index (χ4v) is 5.15. The first kappa shape index (κ1) is 46.8. The van der Waals surface area contributed by atoms with Gasteiger partial charge in [-0.15, -0.1) is 0 Å². The first-order valence-electron chi connectivity index (χ1n) is 17.6. The van der Waals surface area contributed by atoms with E-state index in [1.165, 1.54) is 186 Å². The van der Waals surface area contributed by atoms with E-state index in [0.29, 0.717) is 0 Å². The van der Waals surface area contributed by atoms with Crippen molar-refractivity contribution in [1.82, 2.24) is 0 Å². The molecule has 0 aromatic rings. The number of nitrogens with zero attached hydrogens (tertiary/aromatic N) is 1. The third-order valence-corrected chi connectivity index (χ3v) is 7.79. The molecule has 242 valence electrons. The topological polar surface area (TPSA) is 27.6 Å². The number of hydrogen-bond acceptors (Lipinski definition) is 0. The monoisotopic (exact) mass is 684 g/mol. The predicted octanol–water partition coefficient (Wildman–Crippen LogP) is 4.89. The first-order chi connectivity index (χ1) is 18.0. The van der Waals surface area contributed by atoms with Gasteiger partial charge in [-0.1, -0.05) is 168 Å². The Kier molecular flexibility index (Phi) is 49.2. The summed E-state index contributed by atoms with van der Waals surface area (Å²) < 4.78 is 1.12. The van der Waals surface area contributed by atoms with Crippen molar-refractivity contribution in [2.45, 2.75) is 194 Å². The zero-order valence-electron chi connectivity index (χ0n) is 28.1. The van der Waals surface area contributed by atoms with Crippen LogP contribution in [0.5, 0.6) is 0 Å². The van der Waals surface area contributed by atoms with E-state index in [1.54, 1.807) is 0 Å². The molecule has 39 heavy (non-hydrogen) atoms. The molecular formula is C35H78Br2N2. The molecule has 0 bridgehead atoms. The second kappa shape index (κ2) is 41.0. The van der Waals surface area contributed by atoms with Crippen molar-refractivity contribution in [1.29, 1.82) is 0 Å². The zero-order chi connectivity index (χ0) is 27.7. The van der Waals surface area contributed by atoms with E-state index in [4.69, 9.17) is 0 Å². The summed E-state index contributed by atoms with van der Waals surface area (Å²) in [6.07, 6.45) is 40.6. The van der Waals surface area contributed by atoms with Gasteiger partial charge in [0, 0.05) is 0 Å². The third kappa shape index (κ3) is 52.0. The average molecular weight is 687 g/mol. The second-order valence-electron chi connectivity index (χ2n) is 13.1. The Bertz CT molecular complexity index is 371. The maximum absolute atomic E-state index is 3.88. The Morgan fingerprint density at radius 2 is 0.538 bits per heavy atom. The number of halogens is 2. The van der Waals surface area contributed by atoms with Crippen LogP contribution < -0.4 is 39.7 Å². The summed E-state index contributed by atoms with van der Waals surface area (Å²) in [4.78, 5) is 0. The molecule has 0 spiro atoms. The molecular weight excluding hydrogens is 608 g/mol. The van der Waals surface area contributed by atoms with Gasteiger partial charge in [-0.05, 0) is 25.7 Å². The summed E-state index contributed by atoms with van der Waals surface area (Å²) in [5.74, 6) is 0. The maximum atomic E-state index is 3.88. The van der Waals surface area contributed by atoms with E-state index in [1.807, 2.05) is 0 Å². The summed E-state index contributed by atoms with van der Waals surface area (Å²) in [7, 11) is 6.88. The van der Waals surface area contributed by atoms with Crippen LogP contribution in [0.1, 0.15) is 194 Å². The van der Waals surface area contributed by atoms with Crippen LogP contribution in [0.15, 0.2) is 0 Å². The van der Waals surface area contributed by atoms with E-state index in [-0.39, 0.29) is 34.0 Å². The van der Waals surface area contributed by atoms with E-state index in [9.17, 15) is 0 Å². The molecule has 0 heterocycles. The highest BCUT2D eigenvalue weighted by atomic mass is 79.9. The molecule has 0 aliphatic rings. The largest absolute Gasteiger partial charge is 1.00 e. The molecule has 0 fully saturated rings. The van der Waals surface area contributed by atoms with E-state index < -0.39 is 0 Å². The normalized spacial score (nSPS) is 10.9. The SMILES string of the molecule is CCCCCCCCCCCCCCCC[N+](C)(C)C.CCCCCCCCCCCCCCCC[NH3+].[Br-].[Br-]. The Morgan fingerprint density at radius 3 is 0.744 bits per heavy atom.